The molecule has 0 radical (unpaired) electrons. The van der Waals surface area contributed by atoms with Gasteiger partial charge in [0.05, 0.1) is 0 Å². The molecule has 2 nitrogen and oxygen atoms in total. The molecule has 0 N–H and O–H groups in total. The fraction of sp³-hybridized carbons (Fsp3) is 0.312. The van der Waals surface area contributed by atoms with Crippen molar-refractivity contribution in [2.24, 2.45) is 4.99 Å². The van der Waals surface area contributed by atoms with Gasteiger partial charge in [-0.15, -0.1) is 0 Å². The third kappa shape index (κ3) is 6.77. The van der Waals surface area contributed by atoms with Gasteiger partial charge in [0.2, 0.25) is 0 Å². The van der Waals surface area contributed by atoms with Crippen LogP contribution in [0.2, 0.25) is 0 Å². The molecule has 0 unspecified atom stereocenters. The summed E-state index contributed by atoms with van der Waals surface area (Å²) in [6.45, 7) is 0. The summed E-state index contributed by atoms with van der Waals surface area (Å²) < 4.78 is 13.6. The molecule has 0 aliphatic heterocycles. The van der Waals surface area contributed by atoms with Crippen LogP contribution >= 0.6 is 27.7 Å². The van der Waals surface area contributed by atoms with Crippen molar-refractivity contribution in [3.8, 4) is 0 Å². The van der Waals surface area contributed by atoms with Gasteiger partial charge in [0, 0.05) is 0 Å². The van der Waals surface area contributed by atoms with Gasteiger partial charge in [-0.3, -0.25) is 0 Å². The van der Waals surface area contributed by atoms with E-state index in [1.54, 1.807) is 6.20 Å². The number of carbonyl (C=O) groups excluding carboxylic acids is 1. The van der Waals surface area contributed by atoms with Gasteiger partial charge in [0.15, 0.2) is 0 Å². The zero-order valence-corrected chi connectivity index (χ0v) is 17.0. The number of rotatable bonds is 9. The summed E-state index contributed by atoms with van der Waals surface area (Å²) in [5.74, 6) is -0.535. The van der Waals surface area contributed by atoms with Gasteiger partial charge < -0.3 is 0 Å². The maximum atomic E-state index is 12.9. The molecular weight excluding hydrogens is 543 g/mol. The molecule has 22 heavy (non-hydrogen) atoms. The van der Waals surface area contributed by atoms with Crippen LogP contribution in [0.3, 0.4) is 0 Å². The number of aliphatic imine (C=N–C) groups is 1. The Bertz CT molecular complexity index is 572. The van der Waals surface area contributed by atoms with E-state index in [0.717, 1.165) is 30.2 Å². The van der Waals surface area contributed by atoms with Crippen molar-refractivity contribution in [3.63, 3.8) is 0 Å². The molecule has 0 aliphatic carbocycles. The van der Waals surface area contributed by atoms with E-state index in [0.29, 0.717) is 9.63 Å². The SMILES string of the molecule is CS[C-]=N/C=C(/CCCCBr)[C](=[Os])C(=O)c1[c-]cc(F)cc1. The van der Waals surface area contributed by atoms with E-state index in [4.69, 9.17) is 0 Å². The van der Waals surface area contributed by atoms with Crippen LogP contribution in [-0.2, 0) is 18.1 Å². The summed E-state index contributed by atoms with van der Waals surface area (Å²) in [6, 6.07) is 6.59. The third-order valence-corrected chi connectivity index (χ3v) is 4.92. The first-order chi connectivity index (χ1) is 10.6. The minimum absolute atomic E-state index is 0.136. The van der Waals surface area contributed by atoms with Crippen LogP contribution in [-0.4, -0.2) is 27.0 Å². The fourth-order valence-electron chi connectivity index (χ4n) is 1.60. The first-order valence-corrected chi connectivity index (χ1v) is 10.2. The van der Waals surface area contributed by atoms with Crippen LogP contribution in [0, 0.1) is 11.9 Å². The van der Waals surface area contributed by atoms with Crippen molar-refractivity contribution < 1.29 is 27.3 Å². The molecule has 0 spiro atoms. The van der Waals surface area contributed by atoms with E-state index in [2.05, 4.69) is 32.5 Å². The fourth-order valence-corrected chi connectivity index (χ4v) is 2.98. The Morgan fingerprint density at radius 1 is 1.55 bits per heavy atom. The van der Waals surface area contributed by atoms with Gasteiger partial charge in [0.25, 0.3) is 0 Å². The van der Waals surface area contributed by atoms with Crippen molar-refractivity contribution in [2.45, 2.75) is 19.3 Å². The second-order valence-corrected chi connectivity index (χ2v) is 6.93. The van der Waals surface area contributed by atoms with Gasteiger partial charge >= 0.3 is 154 Å². The Morgan fingerprint density at radius 3 is 2.91 bits per heavy atom. The molecule has 0 atom stereocenters. The van der Waals surface area contributed by atoms with Crippen LogP contribution in [0.1, 0.15) is 29.6 Å². The Morgan fingerprint density at radius 2 is 2.32 bits per heavy atom. The zero-order valence-electron chi connectivity index (χ0n) is 12.0. The first-order valence-electron chi connectivity index (χ1n) is 6.56. The van der Waals surface area contributed by atoms with E-state index < -0.39 is 5.82 Å². The predicted molar refractivity (Wildman–Crippen MR) is 91.3 cm³/mol. The van der Waals surface area contributed by atoms with Crippen molar-refractivity contribution in [1.82, 2.24) is 0 Å². The number of allylic oxidation sites excluding steroid dienone is 1. The van der Waals surface area contributed by atoms with Crippen LogP contribution in [0.5, 0.6) is 0 Å². The monoisotopic (exact) mass is 559 g/mol. The van der Waals surface area contributed by atoms with Crippen molar-refractivity contribution >= 4 is 43.1 Å². The van der Waals surface area contributed by atoms with Gasteiger partial charge in [-0.25, -0.2) is 0 Å². The molecule has 0 aliphatic rings. The van der Waals surface area contributed by atoms with Gasteiger partial charge in [-0.2, -0.15) is 0 Å². The topological polar surface area (TPSA) is 29.4 Å². The normalized spacial score (nSPS) is 11.9. The molecule has 0 bridgehead atoms. The molecule has 0 aromatic heterocycles. The van der Waals surface area contributed by atoms with E-state index in [1.165, 1.54) is 48.1 Å². The molecule has 1 rings (SSSR count). The number of unbranched alkanes of at least 4 members (excludes halogenated alkanes) is 1. The number of hydrogen-bond donors (Lipinski definition) is 0. The minimum atomic E-state index is -0.399. The van der Waals surface area contributed by atoms with Crippen LogP contribution in [0.15, 0.2) is 35.0 Å². The summed E-state index contributed by atoms with van der Waals surface area (Å²) in [6.07, 6.45) is 6.33. The molecule has 0 fully saturated rings. The second-order valence-electron chi connectivity index (χ2n) is 4.28. The van der Waals surface area contributed by atoms with Crippen molar-refractivity contribution in [1.29, 1.82) is 0 Å². The summed E-state index contributed by atoms with van der Waals surface area (Å²) in [5, 5.41) is 0.932. The number of nitrogens with zero attached hydrogens (tertiary/aromatic N) is 1. The molecule has 1 aromatic carbocycles. The molecule has 0 heterocycles. The number of thioether (sulfide) groups is 1. The number of ketones is 1. The van der Waals surface area contributed by atoms with Crippen LogP contribution in [0.25, 0.3) is 0 Å². The number of alkyl halides is 1. The third-order valence-electron chi connectivity index (χ3n) is 2.68. The van der Waals surface area contributed by atoms with E-state index in [1.807, 2.05) is 6.26 Å². The molecule has 0 saturated heterocycles. The quantitative estimate of drug-likeness (QED) is 0.113. The van der Waals surface area contributed by atoms with Gasteiger partial charge in [0.1, 0.15) is 0 Å². The molecule has 0 amide bonds. The maximum absolute atomic E-state index is 12.9. The summed E-state index contributed by atoms with van der Waals surface area (Å²) in [5.41, 5.74) is 4.05. The first kappa shape index (κ1) is 19.6. The number of carbonyl (C=O) groups is 1. The van der Waals surface area contributed by atoms with Crippen LogP contribution < -0.4 is 0 Å². The number of benzene rings is 1. The van der Waals surface area contributed by atoms with Crippen LogP contribution in [0.4, 0.5) is 4.39 Å². The number of halogens is 2. The molecule has 6 heteroatoms. The molecule has 120 valence electrons. The van der Waals surface area contributed by atoms with Crippen molar-refractivity contribution in [2.75, 3.05) is 11.6 Å². The van der Waals surface area contributed by atoms with Gasteiger partial charge in [-0.1, -0.05) is 0 Å². The zero-order chi connectivity index (χ0) is 16.4. The predicted octanol–water partition coefficient (Wildman–Crippen LogP) is 4.25. The second kappa shape index (κ2) is 11.2. The Hall–Kier alpha value is -0.434. The van der Waals surface area contributed by atoms with E-state index >= 15 is 0 Å². The standard InChI is InChI=1S/C16H15BrFNOS.Os/c1-21-12-19-11-13(4-2-3-9-17)10-16(20)14-5-7-15(18)8-6-14;/h5,7-8,11H,2-4,9H2,1H3;/q-2;/b13-11-;. The Balaban J connectivity index is 2.89. The summed E-state index contributed by atoms with van der Waals surface area (Å²) in [7, 11) is 0. The van der Waals surface area contributed by atoms with Gasteiger partial charge in [-0.05, 0) is 0 Å². The van der Waals surface area contributed by atoms with Crippen molar-refractivity contribution in [3.05, 3.63) is 47.4 Å². The summed E-state index contributed by atoms with van der Waals surface area (Å²) in [4.78, 5) is 16.5. The number of hydrogen-bond acceptors (Lipinski definition) is 3. The molecule has 0 saturated carbocycles. The molecule has 1 aromatic rings. The van der Waals surface area contributed by atoms with E-state index in [-0.39, 0.29) is 5.78 Å². The number of Topliss-reactive ketones (excluding diaryl/α,β-unsaturated/α-hetero) is 1. The average molecular weight is 559 g/mol. The molecular formula is C16H15BrFNOOsS-2. The average Bonchev–Trinajstić information content (AvgIpc) is 2.53. The summed E-state index contributed by atoms with van der Waals surface area (Å²) >= 11 is 6.32. The Kier molecular flexibility index (Phi) is 9.95. The Labute approximate surface area is 153 Å². The van der Waals surface area contributed by atoms with E-state index in [9.17, 15) is 9.18 Å².